The minimum atomic E-state index is -1.35. The van der Waals surface area contributed by atoms with Crippen LogP contribution in [0, 0.1) is 0 Å². The number of methoxy groups -OCH3 is 2. The number of hydrogen-bond acceptors (Lipinski definition) is 6. The second-order valence-electron chi connectivity index (χ2n) is 7.60. The minimum Gasteiger partial charge on any atom is -0.497 e. The van der Waals surface area contributed by atoms with E-state index in [1.807, 2.05) is 30.3 Å². The van der Waals surface area contributed by atoms with Crippen LogP contribution in [0.2, 0.25) is 0 Å². The number of hydrogen-bond donors (Lipinski definition) is 2. The molecule has 1 aliphatic rings. The SMILES string of the molecule is COc1ccc(CN2C(=O)[C@](C)(NC(=O)OCc3ccccc3)[C@@H]2NC(C)=O)c(OC)c1. The maximum Gasteiger partial charge on any atom is 0.408 e. The lowest BCUT2D eigenvalue weighted by Gasteiger charge is -2.54. The standard InChI is InChI=1S/C23H27N3O6/c1-15(27)24-20-23(2,25-22(29)32-14-16-8-6-5-7-9-16)21(28)26(20)13-17-10-11-18(30-3)12-19(17)31-4/h5-12,20H,13-14H2,1-4H3,(H,24,27)(H,25,29)/t20-,23-/m1/s1. The molecule has 32 heavy (non-hydrogen) atoms. The highest BCUT2D eigenvalue weighted by Gasteiger charge is 2.59. The average molecular weight is 441 g/mol. The third-order valence-electron chi connectivity index (χ3n) is 5.31. The van der Waals surface area contributed by atoms with Crippen molar-refractivity contribution in [1.29, 1.82) is 0 Å². The number of ether oxygens (including phenoxy) is 3. The Morgan fingerprint density at radius 1 is 1.09 bits per heavy atom. The number of β-lactam (4-membered cyclic amide) rings is 1. The van der Waals surface area contributed by atoms with Gasteiger partial charge in [-0.25, -0.2) is 4.79 Å². The Kier molecular flexibility index (Phi) is 6.87. The van der Waals surface area contributed by atoms with Crippen LogP contribution in [0.15, 0.2) is 48.5 Å². The maximum atomic E-state index is 13.1. The van der Waals surface area contributed by atoms with Crippen LogP contribution in [0.25, 0.3) is 0 Å². The zero-order valence-corrected chi connectivity index (χ0v) is 18.5. The molecule has 0 bridgehead atoms. The lowest BCUT2D eigenvalue weighted by atomic mass is 9.85. The van der Waals surface area contributed by atoms with Crippen molar-refractivity contribution in [2.45, 2.75) is 38.7 Å². The average Bonchev–Trinajstić information content (AvgIpc) is 2.80. The molecule has 3 amide bonds. The van der Waals surface area contributed by atoms with E-state index in [0.717, 1.165) is 11.1 Å². The van der Waals surface area contributed by atoms with Gasteiger partial charge < -0.3 is 29.7 Å². The molecule has 0 aliphatic carbocycles. The van der Waals surface area contributed by atoms with E-state index in [4.69, 9.17) is 14.2 Å². The third kappa shape index (κ3) is 4.77. The lowest BCUT2D eigenvalue weighted by Crippen LogP contribution is -2.82. The van der Waals surface area contributed by atoms with E-state index in [0.29, 0.717) is 11.5 Å². The highest BCUT2D eigenvalue weighted by molar-refractivity contribution is 5.97. The Bertz CT molecular complexity index is 996. The Morgan fingerprint density at radius 3 is 2.44 bits per heavy atom. The summed E-state index contributed by atoms with van der Waals surface area (Å²) >= 11 is 0. The number of amides is 3. The van der Waals surface area contributed by atoms with Crippen LogP contribution in [0.5, 0.6) is 11.5 Å². The summed E-state index contributed by atoms with van der Waals surface area (Å²) in [4.78, 5) is 38.7. The summed E-state index contributed by atoms with van der Waals surface area (Å²) in [5.41, 5.74) is 0.198. The molecule has 0 radical (unpaired) electrons. The Hall–Kier alpha value is -3.75. The van der Waals surface area contributed by atoms with Crippen LogP contribution in [-0.2, 0) is 27.5 Å². The van der Waals surface area contributed by atoms with Crippen molar-refractivity contribution in [1.82, 2.24) is 15.5 Å². The van der Waals surface area contributed by atoms with Gasteiger partial charge >= 0.3 is 6.09 Å². The van der Waals surface area contributed by atoms with Gasteiger partial charge in [-0.3, -0.25) is 9.59 Å². The van der Waals surface area contributed by atoms with E-state index in [1.165, 1.54) is 18.9 Å². The Morgan fingerprint density at radius 2 is 1.81 bits per heavy atom. The van der Waals surface area contributed by atoms with Crippen molar-refractivity contribution >= 4 is 17.9 Å². The normalized spacial score (nSPS) is 19.6. The molecule has 1 heterocycles. The summed E-state index contributed by atoms with van der Waals surface area (Å²) in [5.74, 6) is 0.472. The fraction of sp³-hybridized carbons (Fsp3) is 0.348. The van der Waals surface area contributed by atoms with Crippen molar-refractivity contribution < 1.29 is 28.6 Å². The van der Waals surface area contributed by atoms with Crippen LogP contribution >= 0.6 is 0 Å². The third-order valence-corrected chi connectivity index (χ3v) is 5.31. The summed E-state index contributed by atoms with van der Waals surface area (Å²) in [6, 6.07) is 14.5. The predicted octanol–water partition coefficient (Wildman–Crippen LogP) is 2.19. The van der Waals surface area contributed by atoms with E-state index in [-0.39, 0.29) is 25.0 Å². The number of nitrogens with zero attached hydrogens (tertiary/aromatic N) is 1. The molecule has 2 N–H and O–H groups in total. The molecule has 170 valence electrons. The molecule has 9 nitrogen and oxygen atoms in total. The molecule has 0 aromatic heterocycles. The number of likely N-dealkylation sites (tertiary alicyclic amines) is 1. The molecule has 1 fully saturated rings. The predicted molar refractivity (Wildman–Crippen MR) is 116 cm³/mol. The van der Waals surface area contributed by atoms with Gasteiger partial charge in [0.25, 0.3) is 5.91 Å². The van der Waals surface area contributed by atoms with Crippen LogP contribution in [0.1, 0.15) is 25.0 Å². The van der Waals surface area contributed by atoms with E-state index in [2.05, 4.69) is 10.6 Å². The summed E-state index contributed by atoms with van der Waals surface area (Å²) in [6.45, 7) is 3.15. The van der Waals surface area contributed by atoms with E-state index < -0.39 is 17.8 Å². The Labute approximate surface area is 186 Å². The molecule has 9 heteroatoms. The number of carbonyl (C=O) groups excluding carboxylic acids is 3. The molecule has 2 atom stereocenters. The summed E-state index contributed by atoms with van der Waals surface area (Å²) in [5, 5.41) is 5.35. The summed E-state index contributed by atoms with van der Waals surface area (Å²) in [6.07, 6.45) is -1.51. The van der Waals surface area contributed by atoms with Gasteiger partial charge in [0.2, 0.25) is 5.91 Å². The van der Waals surface area contributed by atoms with Gasteiger partial charge in [-0.05, 0) is 24.6 Å². The van der Waals surface area contributed by atoms with Crippen LogP contribution < -0.4 is 20.1 Å². The number of rotatable bonds is 8. The van der Waals surface area contributed by atoms with Gasteiger partial charge in [0.15, 0.2) is 5.54 Å². The smallest absolute Gasteiger partial charge is 0.408 e. The molecule has 2 aromatic carbocycles. The molecular weight excluding hydrogens is 414 g/mol. The first kappa shape index (κ1) is 22.9. The molecule has 0 unspecified atom stereocenters. The van der Waals surface area contributed by atoms with Crippen molar-refractivity contribution in [3.05, 3.63) is 59.7 Å². The molecular formula is C23H27N3O6. The number of carbonyl (C=O) groups is 3. The molecule has 2 aromatic rings. The fourth-order valence-electron chi connectivity index (χ4n) is 3.62. The van der Waals surface area contributed by atoms with Crippen molar-refractivity contribution in [3.8, 4) is 11.5 Å². The first-order valence-electron chi connectivity index (χ1n) is 10.1. The second kappa shape index (κ2) is 9.59. The van der Waals surface area contributed by atoms with Crippen molar-refractivity contribution in [2.75, 3.05) is 14.2 Å². The zero-order valence-electron chi connectivity index (χ0n) is 18.5. The van der Waals surface area contributed by atoms with Crippen LogP contribution in [0.3, 0.4) is 0 Å². The van der Waals surface area contributed by atoms with Crippen molar-refractivity contribution in [3.63, 3.8) is 0 Å². The maximum absolute atomic E-state index is 13.1. The highest BCUT2D eigenvalue weighted by Crippen LogP contribution is 2.34. The zero-order chi connectivity index (χ0) is 23.3. The van der Waals surface area contributed by atoms with E-state index in [1.54, 1.807) is 32.2 Å². The van der Waals surface area contributed by atoms with E-state index >= 15 is 0 Å². The van der Waals surface area contributed by atoms with Gasteiger partial charge in [-0.1, -0.05) is 30.3 Å². The lowest BCUT2D eigenvalue weighted by molar-refractivity contribution is -0.166. The molecule has 3 rings (SSSR count). The molecule has 1 saturated heterocycles. The number of alkyl carbamates (subject to hydrolysis) is 1. The molecule has 0 spiro atoms. The summed E-state index contributed by atoms with van der Waals surface area (Å²) in [7, 11) is 3.07. The molecule has 0 saturated carbocycles. The first-order chi connectivity index (χ1) is 15.3. The topological polar surface area (TPSA) is 106 Å². The van der Waals surface area contributed by atoms with Gasteiger partial charge in [-0.15, -0.1) is 0 Å². The summed E-state index contributed by atoms with van der Waals surface area (Å²) < 4.78 is 15.9. The van der Waals surface area contributed by atoms with Gasteiger partial charge in [-0.2, -0.15) is 0 Å². The first-order valence-corrected chi connectivity index (χ1v) is 10.1. The van der Waals surface area contributed by atoms with Gasteiger partial charge in [0.1, 0.15) is 24.3 Å². The van der Waals surface area contributed by atoms with Gasteiger partial charge in [0.05, 0.1) is 20.8 Å². The van der Waals surface area contributed by atoms with Crippen molar-refractivity contribution in [2.24, 2.45) is 0 Å². The second-order valence-corrected chi connectivity index (χ2v) is 7.60. The largest absolute Gasteiger partial charge is 0.497 e. The van der Waals surface area contributed by atoms with Crippen LogP contribution in [-0.4, -0.2) is 48.7 Å². The van der Waals surface area contributed by atoms with Crippen LogP contribution in [0.4, 0.5) is 4.79 Å². The fourth-order valence-corrected chi connectivity index (χ4v) is 3.62. The number of nitrogens with one attached hydrogen (secondary N) is 2. The minimum absolute atomic E-state index is 0.0640. The Balaban J connectivity index is 1.72. The quantitative estimate of drug-likeness (QED) is 0.609. The monoisotopic (exact) mass is 441 g/mol. The molecule has 1 aliphatic heterocycles. The van der Waals surface area contributed by atoms with E-state index in [9.17, 15) is 14.4 Å². The van der Waals surface area contributed by atoms with Gasteiger partial charge in [0, 0.05) is 18.6 Å². The number of benzene rings is 2. The highest BCUT2D eigenvalue weighted by atomic mass is 16.5.